The molecule has 0 amide bonds. The monoisotopic (exact) mass is 512 g/mol. The Morgan fingerprint density at radius 1 is 1.00 bits per heavy atom. The van der Waals surface area contributed by atoms with Crippen LogP contribution in [-0.2, 0) is 9.47 Å². The quantitative estimate of drug-likeness (QED) is 0.514. The SMILES string of the molecule is CC.COc1nc(N2CCOCC2)cc(-n2ncc3cc(C)c(C4CCN(C5COC5)CC4F)cc32)n1. The van der Waals surface area contributed by atoms with E-state index in [9.17, 15) is 0 Å². The van der Waals surface area contributed by atoms with Crippen molar-refractivity contribution in [3.63, 3.8) is 0 Å². The van der Waals surface area contributed by atoms with Gasteiger partial charge in [-0.3, -0.25) is 4.90 Å². The highest BCUT2D eigenvalue weighted by Crippen LogP contribution is 2.36. The molecule has 37 heavy (non-hydrogen) atoms. The van der Waals surface area contributed by atoms with Crippen LogP contribution in [0.2, 0.25) is 0 Å². The number of piperidine rings is 1. The molecular weight excluding hydrogens is 475 g/mol. The Hall–Kier alpha value is -2.82. The van der Waals surface area contributed by atoms with Gasteiger partial charge in [0, 0.05) is 37.0 Å². The summed E-state index contributed by atoms with van der Waals surface area (Å²) in [5, 5.41) is 5.64. The molecule has 10 heteroatoms. The second-order valence-electron chi connectivity index (χ2n) is 9.59. The van der Waals surface area contributed by atoms with Crippen LogP contribution < -0.4 is 9.64 Å². The number of aryl methyl sites for hydroxylation is 1. The zero-order valence-electron chi connectivity index (χ0n) is 22.2. The second kappa shape index (κ2) is 11.3. The molecule has 3 aliphatic heterocycles. The lowest BCUT2D eigenvalue weighted by Crippen LogP contribution is -2.54. The molecule has 2 unspecified atom stereocenters. The number of ether oxygens (including phenoxy) is 3. The lowest BCUT2D eigenvalue weighted by Gasteiger charge is -2.43. The summed E-state index contributed by atoms with van der Waals surface area (Å²) in [4.78, 5) is 13.5. The third-order valence-corrected chi connectivity index (χ3v) is 7.48. The van der Waals surface area contributed by atoms with Crippen LogP contribution in [0.3, 0.4) is 0 Å². The van der Waals surface area contributed by atoms with Gasteiger partial charge in [-0.2, -0.15) is 15.1 Å². The Labute approximate surface area is 217 Å². The Balaban J connectivity index is 0.00000137. The predicted octanol–water partition coefficient (Wildman–Crippen LogP) is 3.52. The van der Waals surface area contributed by atoms with Gasteiger partial charge in [-0.1, -0.05) is 13.8 Å². The van der Waals surface area contributed by atoms with Gasteiger partial charge in [0.2, 0.25) is 0 Å². The largest absolute Gasteiger partial charge is 0.467 e. The third-order valence-electron chi connectivity index (χ3n) is 7.48. The van der Waals surface area contributed by atoms with Crippen LogP contribution in [0, 0.1) is 6.92 Å². The number of morpholine rings is 1. The molecule has 0 spiro atoms. The molecule has 0 saturated carbocycles. The van der Waals surface area contributed by atoms with Crippen LogP contribution >= 0.6 is 0 Å². The number of alkyl halides is 1. The van der Waals surface area contributed by atoms with Crippen molar-refractivity contribution >= 4 is 16.7 Å². The van der Waals surface area contributed by atoms with Crippen LogP contribution in [0.1, 0.15) is 37.3 Å². The minimum absolute atomic E-state index is 0.135. The van der Waals surface area contributed by atoms with E-state index in [-0.39, 0.29) is 11.9 Å². The fourth-order valence-corrected chi connectivity index (χ4v) is 5.39. The van der Waals surface area contributed by atoms with E-state index in [1.807, 2.05) is 26.1 Å². The van der Waals surface area contributed by atoms with E-state index in [1.54, 1.807) is 11.8 Å². The summed E-state index contributed by atoms with van der Waals surface area (Å²) in [7, 11) is 1.56. The number of rotatable bonds is 5. The van der Waals surface area contributed by atoms with Crippen LogP contribution in [0.15, 0.2) is 24.4 Å². The number of halogens is 1. The van der Waals surface area contributed by atoms with E-state index < -0.39 is 6.17 Å². The lowest BCUT2D eigenvalue weighted by atomic mass is 9.84. The Bertz CT molecular complexity index is 1210. The maximum Gasteiger partial charge on any atom is 0.320 e. The molecule has 3 aromatic rings. The summed E-state index contributed by atoms with van der Waals surface area (Å²) in [6, 6.07) is 6.79. The maximum absolute atomic E-state index is 15.4. The molecule has 0 aliphatic carbocycles. The molecule has 5 heterocycles. The molecule has 2 atom stereocenters. The lowest BCUT2D eigenvalue weighted by molar-refractivity contribution is -0.0807. The number of nitrogens with zero attached hydrogens (tertiary/aromatic N) is 6. The normalized spacial score (nSPS) is 22.9. The molecule has 2 aromatic heterocycles. The Kier molecular flexibility index (Phi) is 7.87. The van der Waals surface area contributed by atoms with Crippen molar-refractivity contribution in [1.82, 2.24) is 24.6 Å². The predicted molar refractivity (Wildman–Crippen MR) is 141 cm³/mol. The summed E-state index contributed by atoms with van der Waals surface area (Å²) >= 11 is 0. The third kappa shape index (κ3) is 5.15. The van der Waals surface area contributed by atoms with Crippen LogP contribution in [0.25, 0.3) is 16.7 Å². The molecule has 1 aromatic carbocycles. The van der Waals surface area contributed by atoms with Gasteiger partial charge in [-0.05, 0) is 43.1 Å². The first kappa shape index (κ1) is 25.8. The number of methoxy groups -OCH3 is 1. The number of likely N-dealkylation sites (tertiary alicyclic amines) is 1. The molecule has 0 radical (unpaired) electrons. The van der Waals surface area contributed by atoms with Crippen LogP contribution in [0.5, 0.6) is 6.01 Å². The van der Waals surface area contributed by atoms with Gasteiger partial charge in [-0.15, -0.1) is 0 Å². The molecule has 200 valence electrons. The zero-order chi connectivity index (χ0) is 25.9. The number of fused-ring (bicyclic) bond motifs is 1. The molecule has 3 aliphatic rings. The first-order valence-electron chi connectivity index (χ1n) is 13.3. The molecule has 3 fully saturated rings. The van der Waals surface area contributed by atoms with Gasteiger partial charge < -0.3 is 19.1 Å². The zero-order valence-corrected chi connectivity index (χ0v) is 22.2. The second-order valence-corrected chi connectivity index (χ2v) is 9.59. The molecule has 0 bridgehead atoms. The molecule has 0 N–H and O–H groups in total. The van der Waals surface area contributed by atoms with Crippen molar-refractivity contribution in [3.05, 3.63) is 35.5 Å². The fourth-order valence-electron chi connectivity index (χ4n) is 5.39. The standard InChI is InChI=1S/C25H31FN6O3.C2H6/c1-16-9-17-12-27-32(24-11-23(28-25(29-24)33-2)30-5-7-34-8-6-30)22(17)10-20(16)19-3-4-31(13-21(19)26)18-14-35-15-18;1-2/h9-12,18-19,21H,3-8,13-15H2,1-2H3;1-2H3. The van der Waals surface area contributed by atoms with Gasteiger partial charge in [0.05, 0.1) is 51.3 Å². The Morgan fingerprint density at radius 2 is 1.76 bits per heavy atom. The molecular formula is C27H37FN6O3. The van der Waals surface area contributed by atoms with E-state index in [4.69, 9.17) is 14.2 Å². The van der Waals surface area contributed by atoms with Crippen molar-refractivity contribution < 1.29 is 18.6 Å². The van der Waals surface area contributed by atoms with Gasteiger partial charge in [0.25, 0.3) is 0 Å². The first-order chi connectivity index (χ1) is 18.1. The number of benzene rings is 1. The number of anilines is 1. The van der Waals surface area contributed by atoms with Crippen LogP contribution in [0.4, 0.5) is 10.2 Å². The number of aromatic nitrogens is 4. The van der Waals surface area contributed by atoms with Gasteiger partial charge >= 0.3 is 6.01 Å². The Morgan fingerprint density at radius 3 is 2.43 bits per heavy atom. The topological polar surface area (TPSA) is 77.8 Å². The summed E-state index contributed by atoms with van der Waals surface area (Å²) in [5.74, 6) is 1.27. The van der Waals surface area contributed by atoms with Crippen molar-refractivity contribution in [2.24, 2.45) is 0 Å². The average Bonchev–Trinajstić information content (AvgIpc) is 3.31. The summed E-state index contributed by atoms with van der Waals surface area (Å²) in [6.45, 7) is 11.7. The van der Waals surface area contributed by atoms with Crippen molar-refractivity contribution in [2.45, 2.75) is 45.3 Å². The van der Waals surface area contributed by atoms with E-state index in [1.165, 1.54) is 0 Å². The number of hydrogen-bond acceptors (Lipinski definition) is 8. The smallest absolute Gasteiger partial charge is 0.320 e. The minimum atomic E-state index is -0.913. The highest BCUT2D eigenvalue weighted by atomic mass is 19.1. The summed E-state index contributed by atoms with van der Waals surface area (Å²) in [6.07, 6.45) is 1.71. The van der Waals surface area contributed by atoms with Gasteiger partial charge in [0.1, 0.15) is 12.0 Å². The van der Waals surface area contributed by atoms with E-state index >= 15 is 4.39 Å². The van der Waals surface area contributed by atoms with Gasteiger partial charge in [0.15, 0.2) is 5.82 Å². The van der Waals surface area contributed by atoms with Crippen LogP contribution in [-0.4, -0.2) is 96.6 Å². The van der Waals surface area contributed by atoms with Crippen molar-refractivity contribution in [3.8, 4) is 11.8 Å². The van der Waals surface area contributed by atoms with E-state index in [2.05, 4.69) is 43.9 Å². The molecule has 3 saturated heterocycles. The van der Waals surface area contributed by atoms with Gasteiger partial charge in [-0.25, -0.2) is 9.07 Å². The fraction of sp³-hybridized carbons (Fsp3) is 0.593. The molecule has 9 nitrogen and oxygen atoms in total. The van der Waals surface area contributed by atoms with Crippen molar-refractivity contribution in [1.29, 1.82) is 0 Å². The van der Waals surface area contributed by atoms with Crippen molar-refractivity contribution in [2.75, 3.05) is 64.6 Å². The first-order valence-corrected chi connectivity index (χ1v) is 13.3. The van der Waals surface area contributed by atoms with E-state index in [0.29, 0.717) is 31.6 Å². The highest BCUT2D eigenvalue weighted by molar-refractivity contribution is 5.82. The highest BCUT2D eigenvalue weighted by Gasteiger charge is 2.36. The number of hydrogen-bond donors (Lipinski definition) is 0. The maximum atomic E-state index is 15.4. The molecule has 6 rings (SSSR count). The minimum Gasteiger partial charge on any atom is -0.467 e. The van der Waals surface area contributed by atoms with E-state index in [0.717, 1.165) is 67.1 Å². The summed E-state index contributed by atoms with van der Waals surface area (Å²) in [5.41, 5.74) is 3.05. The average molecular weight is 513 g/mol. The summed E-state index contributed by atoms with van der Waals surface area (Å²) < 4.78 is 33.4.